The van der Waals surface area contributed by atoms with Crippen LogP contribution in [0.3, 0.4) is 0 Å². The number of carbonyl (C=O) groups is 1. The monoisotopic (exact) mass is 375 g/mol. The summed E-state index contributed by atoms with van der Waals surface area (Å²) in [6, 6.07) is 6.95. The van der Waals surface area contributed by atoms with Crippen LogP contribution in [0.4, 0.5) is 0 Å². The summed E-state index contributed by atoms with van der Waals surface area (Å²) in [5, 5.41) is 2.88. The van der Waals surface area contributed by atoms with Gasteiger partial charge in [-0.2, -0.15) is 0 Å². The molecule has 27 heavy (non-hydrogen) atoms. The highest BCUT2D eigenvalue weighted by Gasteiger charge is 2.16. The Balaban J connectivity index is 2.23. The molecule has 0 fully saturated rings. The van der Waals surface area contributed by atoms with Gasteiger partial charge in [-0.1, -0.05) is 0 Å². The lowest BCUT2D eigenvalue weighted by molar-refractivity contribution is 0.0950. The zero-order valence-corrected chi connectivity index (χ0v) is 16.5. The third-order valence-corrected chi connectivity index (χ3v) is 4.19. The van der Waals surface area contributed by atoms with Crippen LogP contribution in [0.5, 0.6) is 28.7 Å². The van der Waals surface area contributed by atoms with E-state index in [1.807, 2.05) is 6.92 Å². The van der Waals surface area contributed by atoms with Gasteiger partial charge in [0.05, 0.1) is 35.5 Å². The maximum Gasteiger partial charge on any atom is 0.251 e. The molecular formula is C20H25NO6. The van der Waals surface area contributed by atoms with Crippen LogP contribution in [0, 0.1) is 6.92 Å². The average molecular weight is 375 g/mol. The zero-order valence-electron chi connectivity index (χ0n) is 16.5. The molecule has 0 saturated carbocycles. The van der Waals surface area contributed by atoms with Crippen LogP contribution in [-0.2, 0) is 6.54 Å². The van der Waals surface area contributed by atoms with Crippen molar-refractivity contribution in [1.82, 2.24) is 5.32 Å². The fourth-order valence-electron chi connectivity index (χ4n) is 2.74. The lowest BCUT2D eigenvalue weighted by atomic mass is 10.1. The van der Waals surface area contributed by atoms with E-state index in [9.17, 15) is 4.79 Å². The van der Waals surface area contributed by atoms with Crippen molar-refractivity contribution in [3.63, 3.8) is 0 Å². The van der Waals surface area contributed by atoms with Crippen molar-refractivity contribution in [2.24, 2.45) is 0 Å². The van der Waals surface area contributed by atoms with E-state index < -0.39 is 0 Å². The molecule has 0 spiro atoms. The molecule has 0 saturated heterocycles. The van der Waals surface area contributed by atoms with Gasteiger partial charge in [0.25, 0.3) is 5.91 Å². The topological polar surface area (TPSA) is 75.3 Å². The smallest absolute Gasteiger partial charge is 0.251 e. The third kappa shape index (κ3) is 4.36. The lowest BCUT2D eigenvalue weighted by Crippen LogP contribution is -2.23. The van der Waals surface area contributed by atoms with Gasteiger partial charge < -0.3 is 29.0 Å². The molecule has 1 amide bonds. The number of ether oxygens (including phenoxy) is 5. The van der Waals surface area contributed by atoms with Gasteiger partial charge in [0, 0.05) is 17.7 Å². The van der Waals surface area contributed by atoms with E-state index in [1.165, 1.54) is 0 Å². The molecule has 2 aromatic rings. The number of carbonyl (C=O) groups excluding carboxylic acids is 1. The minimum absolute atomic E-state index is 0.250. The summed E-state index contributed by atoms with van der Waals surface area (Å²) in [7, 11) is 7.74. The van der Waals surface area contributed by atoms with Crippen molar-refractivity contribution in [2.45, 2.75) is 13.5 Å². The molecular weight excluding hydrogens is 350 g/mol. The van der Waals surface area contributed by atoms with Crippen molar-refractivity contribution in [3.8, 4) is 28.7 Å². The SMILES string of the molecule is COc1cc(C(=O)NCc2cc(OC)c(OC)c(OC)c2)cc(OC)c1C. The van der Waals surface area contributed by atoms with E-state index in [0.717, 1.165) is 11.1 Å². The molecule has 0 aliphatic heterocycles. The maximum atomic E-state index is 12.6. The maximum absolute atomic E-state index is 12.6. The van der Waals surface area contributed by atoms with Crippen molar-refractivity contribution < 1.29 is 28.5 Å². The fraction of sp³-hybridized carbons (Fsp3) is 0.350. The predicted octanol–water partition coefficient (Wildman–Crippen LogP) is 2.97. The zero-order chi connectivity index (χ0) is 20.0. The normalized spacial score (nSPS) is 10.1. The highest BCUT2D eigenvalue weighted by Crippen LogP contribution is 2.38. The van der Waals surface area contributed by atoms with E-state index in [1.54, 1.807) is 59.8 Å². The Bertz CT molecular complexity index is 768. The number of rotatable bonds is 8. The van der Waals surface area contributed by atoms with Gasteiger partial charge in [0.15, 0.2) is 11.5 Å². The molecule has 0 atom stereocenters. The van der Waals surface area contributed by atoms with Gasteiger partial charge in [0.2, 0.25) is 5.75 Å². The van der Waals surface area contributed by atoms with Gasteiger partial charge in [-0.3, -0.25) is 4.79 Å². The molecule has 0 aliphatic carbocycles. The number of amides is 1. The quantitative estimate of drug-likeness (QED) is 0.765. The van der Waals surface area contributed by atoms with E-state index in [0.29, 0.717) is 34.3 Å². The fourth-order valence-corrected chi connectivity index (χ4v) is 2.74. The predicted molar refractivity (Wildman–Crippen MR) is 102 cm³/mol. The average Bonchev–Trinajstić information content (AvgIpc) is 2.70. The minimum atomic E-state index is -0.250. The molecule has 7 nitrogen and oxygen atoms in total. The number of methoxy groups -OCH3 is 5. The minimum Gasteiger partial charge on any atom is -0.496 e. The van der Waals surface area contributed by atoms with Crippen LogP contribution in [0.1, 0.15) is 21.5 Å². The summed E-state index contributed by atoms with van der Waals surface area (Å²) in [6.45, 7) is 2.16. The van der Waals surface area contributed by atoms with E-state index in [-0.39, 0.29) is 12.5 Å². The van der Waals surface area contributed by atoms with Crippen molar-refractivity contribution >= 4 is 5.91 Å². The van der Waals surface area contributed by atoms with E-state index in [4.69, 9.17) is 23.7 Å². The van der Waals surface area contributed by atoms with Crippen LogP contribution in [-0.4, -0.2) is 41.5 Å². The van der Waals surface area contributed by atoms with Gasteiger partial charge in [-0.25, -0.2) is 0 Å². The van der Waals surface area contributed by atoms with Gasteiger partial charge in [-0.15, -0.1) is 0 Å². The molecule has 0 unspecified atom stereocenters. The second kappa shape index (κ2) is 9.02. The van der Waals surface area contributed by atoms with Crippen LogP contribution < -0.4 is 29.0 Å². The van der Waals surface area contributed by atoms with Gasteiger partial charge in [-0.05, 0) is 36.8 Å². The molecule has 0 heterocycles. The largest absolute Gasteiger partial charge is 0.496 e. The lowest BCUT2D eigenvalue weighted by Gasteiger charge is -2.15. The van der Waals surface area contributed by atoms with Crippen LogP contribution >= 0.6 is 0 Å². The first kappa shape index (κ1) is 20.2. The summed E-state index contributed by atoms with van der Waals surface area (Å²) in [4.78, 5) is 12.6. The van der Waals surface area contributed by atoms with Crippen LogP contribution in [0.2, 0.25) is 0 Å². The van der Waals surface area contributed by atoms with Gasteiger partial charge in [0.1, 0.15) is 11.5 Å². The molecule has 2 aromatic carbocycles. The highest BCUT2D eigenvalue weighted by atomic mass is 16.5. The van der Waals surface area contributed by atoms with Crippen molar-refractivity contribution in [2.75, 3.05) is 35.5 Å². The molecule has 146 valence electrons. The van der Waals surface area contributed by atoms with Crippen molar-refractivity contribution in [1.29, 1.82) is 0 Å². The second-order valence-corrected chi connectivity index (χ2v) is 5.72. The van der Waals surface area contributed by atoms with E-state index >= 15 is 0 Å². The van der Waals surface area contributed by atoms with Crippen molar-refractivity contribution in [3.05, 3.63) is 41.0 Å². The first-order valence-electron chi connectivity index (χ1n) is 8.28. The summed E-state index contributed by atoms with van der Waals surface area (Å²) in [6.07, 6.45) is 0. The molecule has 0 aromatic heterocycles. The number of nitrogens with one attached hydrogen (secondary N) is 1. The molecule has 2 rings (SSSR count). The number of benzene rings is 2. The molecule has 1 N–H and O–H groups in total. The summed E-state index contributed by atoms with van der Waals surface area (Å²) < 4.78 is 26.6. The number of hydrogen-bond donors (Lipinski definition) is 1. The first-order chi connectivity index (χ1) is 13.0. The third-order valence-electron chi connectivity index (χ3n) is 4.19. The molecule has 7 heteroatoms. The van der Waals surface area contributed by atoms with E-state index in [2.05, 4.69) is 5.32 Å². The standard InChI is InChI=1S/C20H25NO6/c1-12-15(23-2)9-14(10-16(12)24-3)20(22)21-11-13-7-17(25-4)19(27-6)18(8-13)26-5/h7-10H,11H2,1-6H3,(H,21,22). The van der Waals surface area contributed by atoms with Crippen LogP contribution in [0.15, 0.2) is 24.3 Å². The molecule has 0 bridgehead atoms. The Hall–Kier alpha value is -3.09. The Kier molecular flexibility index (Phi) is 6.76. The Morgan fingerprint density at radius 2 is 1.26 bits per heavy atom. The first-order valence-corrected chi connectivity index (χ1v) is 8.28. The Morgan fingerprint density at radius 3 is 1.67 bits per heavy atom. The molecule has 0 radical (unpaired) electrons. The molecule has 0 aliphatic rings. The van der Waals surface area contributed by atoms with Crippen LogP contribution in [0.25, 0.3) is 0 Å². The second-order valence-electron chi connectivity index (χ2n) is 5.72. The van der Waals surface area contributed by atoms with Gasteiger partial charge >= 0.3 is 0 Å². The summed E-state index contributed by atoms with van der Waals surface area (Å²) in [5.41, 5.74) is 2.09. The Morgan fingerprint density at radius 1 is 0.778 bits per heavy atom. The number of hydrogen-bond acceptors (Lipinski definition) is 6. The summed E-state index contributed by atoms with van der Waals surface area (Å²) >= 11 is 0. The summed E-state index contributed by atoms with van der Waals surface area (Å²) in [5.74, 6) is 2.49. The highest BCUT2D eigenvalue weighted by molar-refractivity contribution is 5.95. The Labute approximate surface area is 159 Å².